The number of nitrogens with two attached hydrogens (primary N) is 1. The van der Waals surface area contributed by atoms with E-state index in [0.29, 0.717) is 0 Å². The Bertz CT molecular complexity index is 417. The zero-order valence-electron chi connectivity index (χ0n) is 11.1. The third-order valence-corrected chi connectivity index (χ3v) is 4.56. The van der Waals surface area contributed by atoms with E-state index in [1.54, 1.807) is 7.11 Å². The predicted octanol–water partition coefficient (Wildman–Crippen LogP) is 3.62. The lowest BCUT2D eigenvalue weighted by atomic mass is 9.89. The number of ether oxygens (including phenoxy) is 1. The molecule has 100 valence electrons. The summed E-state index contributed by atoms with van der Waals surface area (Å²) in [5.74, 6) is 1.03. The highest BCUT2D eigenvalue weighted by molar-refractivity contribution is 9.10. The van der Waals surface area contributed by atoms with Crippen molar-refractivity contribution in [3.8, 4) is 5.75 Å². The van der Waals surface area contributed by atoms with Crippen LogP contribution >= 0.6 is 15.9 Å². The number of unbranched alkanes of at least 4 members (excludes halogenated alkanes) is 1. The molecule has 2 nitrogen and oxygen atoms in total. The maximum absolute atomic E-state index is 5.59. The molecule has 1 aliphatic rings. The molecule has 0 saturated heterocycles. The molecule has 1 aliphatic carbocycles. The first-order chi connectivity index (χ1) is 8.77. The molecule has 0 radical (unpaired) electrons. The van der Waals surface area contributed by atoms with Crippen molar-refractivity contribution in [2.45, 2.75) is 44.9 Å². The van der Waals surface area contributed by atoms with E-state index in [9.17, 15) is 0 Å². The average molecular weight is 312 g/mol. The van der Waals surface area contributed by atoms with Gasteiger partial charge in [0.2, 0.25) is 0 Å². The van der Waals surface area contributed by atoms with Crippen LogP contribution in [0.25, 0.3) is 0 Å². The Morgan fingerprint density at radius 2 is 2.06 bits per heavy atom. The highest BCUT2D eigenvalue weighted by Gasteiger charge is 2.18. The number of rotatable bonds is 5. The molecule has 0 spiro atoms. The maximum Gasteiger partial charge on any atom is 0.136 e. The van der Waals surface area contributed by atoms with Crippen LogP contribution in [0.5, 0.6) is 5.75 Å². The van der Waals surface area contributed by atoms with Crippen molar-refractivity contribution in [3.63, 3.8) is 0 Å². The quantitative estimate of drug-likeness (QED) is 0.843. The maximum atomic E-state index is 5.59. The third kappa shape index (κ3) is 2.89. The van der Waals surface area contributed by atoms with Crippen molar-refractivity contribution in [2.24, 2.45) is 5.73 Å². The second-order valence-corrected chi connectivity index (χ2v) is 5.77. The van der Waals surface area contributed by atoms with Gasteiger partial charge in [-0.25, -0.2) is 0 Å². The zero-order chi connectivity index (χ0) is 13.0. The fourth-order valence-electron chi connectivity index (χ4n) is 2.76. The molecule has 0 amide bonds. The van der Waals surface area contributed by atoms with E-state index in [-0.39, 0.29) is 0 Å². The highest BCUT2D eigenvalue weighted by Crippen LogP contribution is 2.38. The fraction of sp³-hybridized carbons (Fsp3) is 0.600. The molecule has 0 heterocycles. The Balaban J connectivity index is 2.30. The highest BCUT2D eigenvalue weighted by atomic mass is 79.9. The monoisotopic (exact) mass is 311 g/mol. The van der Waals surface area contributed by atoms with Crippen molar-refractivity contribution < 1.29 is 4.74 Å². The molecule has 3 heteroatoms. The van der Waals surface area contributed by atoms with Crippen LogP contribution in [-0.4, -0.2) is 13.7 Å². The van der Waals surface area contributed by atoms with Gasteiger partial charge in [0.15, 0.2) is 0 Å². The molecule has 2 rings (SSSR count). The van der Waals surface area contributed by atoms with E-state index in [4.69, 9.17) is 10.5 Å². The second kappa shape index (κ2) is 6.58. The minimum absolute atomic E-state index is 0.772. The van der Waals surface area contributed by atoms with Gasteiger partial charge < -0.3 is 10.5 Å². The number of benzene rings is 1. The molecule has 1 aromatic rings. The van der Waals surface area contributed by atoms with Gasteiger partial charge in [0.1, 0.15) is 5.75 Å². The Kier molecular flexibility index (Phi) is 5.07. The average Bonchev–Trinajstić information content (AvgIpc) is 2.39. The topological polar surface area (TPSA) is 35.2 Å². The van der Waals surface area contributed by atoms with Crippen molar-refractivity contribution in [1.29, 1.82) is 0 Å². The molecule has 0 aromatic heterocycles. The van der Waals surface area contributed by atoms with Gasteiger partial charge >= 0.3 is 0 Å². The molecular formula is C15H22BrNO. The summed E-state index contributed by atoms with van der Waals surface area (Å²) in [4.78, 5) is 0. The van der Waals surface area contributed by atoms with Crippen molar-refractivity contribution >= 4 is 15.9 Å². The number of halogens is 1. The molecule has 2 N–H and O–H groups in total. The normalized spacial score (nSPS) is 14.4. The molecule has 18 heavy (non-hydrogen) atoms. The minimum atomic E-state index is 0.772. The van der Waals surface area contributed by atoms with Gasteiger partial charge in [0, 0.05) is 0 Å². The van der Waals surface area contributed by atoms with Gasteiger partial charge in [-0.1, -0.05) is 6.07 Å². The van der Waals surface area contributed by atoms with Crippen LogP contribution in [-0.2, 0) is 19.3 Å². The largest absolute Gasteiger partial charge is 0.495 e. The van der Waals surface area contributed by atoms with Crippen LogP contribution in [0.15, 0.2) is 10.5 Å². The standard InChI is InChI=1S/C15H22BrNO/c1-18-15-12(7-4-5-9-17)10-11-6-2-3-8-13(11)14(15)16/h10H,2-9,17H2,1H3. The summed E-state index contributed by atoms with van der Waals surface area (Å²) in [5.41, 5.74) is 9.87. The molecule has 1 aromatic carbocycles. The summed E-state index contributed by atoms with van der Waals surface area (Å²) in [6.07, 6.45) is 8.27. The Hall–Kier alpha value is -0.540. The molecule has 0 atom stereocenters. The summed E-state index contributed by atoms with van der Waals surface area (Å²) in [6.45, 7) is 0.772. The summed E-state index contributed by atoms with van der Waals surface area (Å²) in [6, 6.07) is 2.36. The first kappa shape index (κ1) is 13.9. The SMILES string of the molecule is COc1c(CCCCN)cc2c(c1Br)CCCC2. The van der Waals surface area contributed by atoms with E-state index in [2.05, 4.69) is 22.0 Å². The number of methoxy groups -OCH3 is 1. The minimum Gasteiger partial charge on any atom is -0.495 e. The van der Waals surface area contributed by atoms with Crippen LogP contribution in [0, 0.1) is 0 Å². The van der Waals surface area contributed by atoms with Gasteiger partial charge in [-0.05, 0) is 84.1 Å². The van der Waals surface area contributed by atoms with Crippen LogP contribution in [0.4, 0.5) is 0 Å². The Labute approximate surface area is 118 Å². The van der Waals surface area contributed by atoms with Gasteiger partial charge in [-0.15, -0.1) is 0 Å². The molecule has 0 unspecified atom stereocenters. The van der Waals surface area contributed by atoms with E-state index in [1.165, 1.54) is 46.8 Å². The number of aryl methyl sites for hydroxylation is 2. The number of hydrogen-bond donors (Lipinski definition) is 1. The zero-order valence-corrected chi connectivity index (χ0v) is 12.7. The fourth-order valence-corrected chi connectivity index (χ4v) is 3.63. The summed E-state index contributed by atoms with van der Waals surface area (Å²) < 4.78 is 6.78. The Morgan fingerprint density at radius 1 is 1.28 bits per heavy atom. The Morgan fingerprint density at radius 3 is 2.78 bits per heavy atom. The first-order valence-corrected chi connectivity index (χ1v) is 7.64. The molecule has 0 saturated carbocycles. The lowest BCUT2D eigenvalue weighted by Gasteiger charge is -2.21. The van der Waals surface area contributed by atoms with Crippen molar-refractivity contribution in [2.75, 3.05) is 13.7 Å². The van der Waals surface area contributed by atoms with Crippen LogP contribution in [0.1, 0.15) is 42.4 Å². The molecule has 0 aliphatic heterocycles. The van der Waals surface area contributed by atoms with Crippen molar-refractivity contribution in [3.05, 3.63) is 27.2 Å². The number of hydrogen-bond acceptors (Lipinski definition) is 2. The second-order valence-electron chi connectivity index (χ2n) is 4.97. The van der Waals surface area contributed by atoms with E-state index >= 15 is 0 Å². The molecule has 0 bridgehead atoms. The van der Waals surface area contributed by atoms with Gasteiger partial charge in [-0.2, -0.15) is 0 Å². The van der Waals surface area contributed by atoms with Gasteiger partial charge in [0.25, 0.3) is 0 Å². The van der Waals surface area contributed by atoms with E-state index in [1.807, 2.05) is 0 Å². The first-order valence-electron chi connectivity index (χ1n) is 6.85. The van der Waals surface area contributed by atoms with Crippen LogP contribution < -0.4 is 10.5 Å². The lowest BCUT2D eigenvalue weighted by Crippen LogP contribution is -2.07. The number of fused-ring (bicyclic) bond motifs is 1. The predicted molar refractivity (Wildman–Crippen MR) is 79.3 cm³/mol. The summed E-state index contributed by atoms with van der Waals surface area (Å²) >= 11 is 3.74. The van der Waals surface area contributed by atoms with Gasteiger partial charge in [0.05, 0.1) is 11.6 Å². The van der Waals surface area contributed by atoms with Crippen molar-refractivity contribution in [1.82, 2.24) is 0 Å². The van der Waals surface area contributed by atoms with E-state index < -0.39 is 0 Å². The van der Waals surface area contributed by atoms with E-state index in [0.717, 1.165) is 31.6 Å². The van der Waals surface area contributed by atoms with Gasteiger partial charge in [-0.3, -0.25) is 0 Å². The molecule has 0 fully saturated rings. The van der Waals surface area contributed by atoms with Crippen LogP contribution in [0.2, 0.25) is 0 Å². The molecular weight excluding hydrogens is 290 g/mol. The third-order valence-electron chi connectivity index (χ3n) is 3.72. The van der Waals surface area contributed by atoms with Crippen LogP contribution in [0.3, 0.4) is 0 Å². The summed E-state index contributed by atoms with van der Waals surface area (Å²) in [7, 11) is 1.77. The summed E-state index contributed by atoms with van der Waals surface area (Å²) in [5, 5.41) is 0. The lowest BCUT2D eigenvalue weighted by molar-refractivity contribution is 0.404. The smallest absolute Gasteiger partial charge is 0.136 e.